The zero-order chi connectivity index (χ0) is 17.6. The van der Waals surface area contributed by atoms with Crippen LogP contribution in [-0.2, 0) is 17.8 Å². The molecule has 0 spiro atoms. The minimum atomic E-state index is 0.0675. The number of likely N-dealkylation sites (tertiary alicyclic amines) is 1. The Balaban J connectivity index is 1.55. The highest BCUT2D eigenvalue weighted by atomic mass is 16.1. The highest BCUT2D eigenvalue weighted by Crippen LogP contribution is 2.29. The zero-order valence-electron chi connectivity index (χ0n) is 15.0. The van der Waals surface area contributed by atoms with E-state index in [1.807, 2.05) is 19.1 Å². The normalized spacial score (nSPS) is 17.6. The Hall–Kier alpha value is -2.27. The highest BCUT2D eigenvalue weighted by Gasteiger charge is 2.24. The maximum atomic E-state index is 12.1. The number of hydrogen-bond donors (Lipinski definition) is 1. The van der Waals surface area contributed by atoms with Crippen LogP contribution in [0.2, 0.25) is 0 Å². The summed E-state index contributed by atoms with van der Waals surface area (Å²) in [5.41, 5.74) is 4.39. The van der Waals surface area contributed by atoms with E-state index in [-0.39, 0.29) is 5.91 Å². The average Bonchev–Trinajstić information content (AvgIpc) is 3.04. The first-order valence-electron chi connectivity index (χ1n) is 8.95. The van der Waals surface area contributed by atoms with Crippen molar-refractivity contribution in [1.29, 1.82) is 0 Å². The van der Waals surface area contributed by atoms with Gasteiger partial charge in [-0.25, -0.2) is 0 Å². The largest absolute Gasteiger partial charge is 0.352 e. The third-order valence-electron chi connectivity index (χ3n) is 4.75. The van der Waals surface area contributed by atoms with Crippen LogP contribution in [0.4, 0.5) is 0 Å². The molecule has 1 atom stereocenters. The van der Waals surface area contributed by atoms with Gasteiger partial charge in [-0.05, 0) is 69.1 Å². The predicted molar refractivity (Wildman–Crippen MR) is 98.0 cm³/mol. The second kappa shape index (κ2) is 8.21. The molecule has 5 heteroatoms. The van der Waals surface area contributed by atoms with Gasteiger partial charge >= 0.3 is 0 Å². The van der Waals surface area contributed by atoms with Gasteiger partial charge in [-0.2, -0.15) is 0 Å². The SMILES string of the molecule is Cc1cc(CCC(=O)NCc2cccnc2)cc([C@@H]2CCCN2C)n1. The number of aromatic nitrogens is 2. The van der Waals surface area contributed by atoms with Crippen LogP contribution < -0.4 is 5.32 Å². The Kier molecular flexibility index (Phi) is 5.76. The van der Waals surface area contributed by atoms with Crippen molar-refractivity contribution in [3.05, 3.63) is 59.2 Å². The number of carbonyl (C=O) groups is 1. The first kappa shape index (κ1) is 17.5. The fourth-order valence-corrected chi connectivity index (χ4v) is 3.42. The molecule has 0 aromatic carbocycles. The molecular weight excluding hydrogens is 312 g/mol. The number of amides is 1. The minimum absolute atomic E-state index is 0.0675. The fraction of sp³-hybridized carbons (Fsp3) is 0.450. The van der Waals surface area contributed by atoms with Crippen molar-refractivity contribution in [3.63, 3.8) is 0 Å². The highest BCUT2D eigenvalue weighted by molar-refractivity contribution is 5.76. The van der Waals surface area contributed by atoms with Crippen LogP contribution in [0.5, 0.6) is 0 Å². The molecule has 2 aromatic rings. The molecule has 1 aliphatic heterocycles. The topological polar surface area (TPSA) is 58.1 Å². The number of aryl methyl sites for hydroxylation is 2. The van der Waals surface area contributed by atoms with E-state index in [0.717, 1.165) is 36.3 Å². The Morgan fingerprint density at radius 1 is 1.36 bits per heavy atom. The Morgan fingerprint density at radius 3 is 2.96 bits per heavy atom. The van der Waals surface area contributed by atoms with E-state index in [4.69, 9.17) is 4.98 Å². The average molecular weight is 338 g/mol. The molecule has 0 unspecified atom stereocenters. The van der Waals surface area contributed by atoms with Crippen LogP contribution in [-0.4, -0.2) is 34.4 Å². The van der Waals surface area contributed by atoms with Gasteiger partial charge < -0.3 is 5.32 Å². The molecule has 1 N–H and O–H groups in total. The second-order valence-electron chi connectivity index (χ2n) is 6.82. The van der Waals surface area contributed by atoms with Crippen LogP contribution in [0.3, 0.4) is 0 Å². The van der Waals surface area contributed by atoms with E-state index >= 15 is 0 Å². The number of nitrogens with one attached hydrogen (secondary N) is 1. The van der Waals surface area contributed by atoms with Gasteiger partial charge in [0.15, 0.2) is 0 Å². The Morgan fingerprint density at radius 2 is 2.24 bits per heavy atom. The van der Waals surface area contributed by atoms with Gasteiger partial charge in [-0.3, -0.25) is 19.7 Å². The summed E-state index contributed by atoms with van der Waals surface area (Å²) in [7, 11) is 2.16. The molecule has 0 radical (unpaired) electrons. The van der Waals surface area contributed by atoms with Gasteiger partial charge in [0.25, 0.3) is 0 Å². The lowest BCUT2D eigenvalue weighted by Crippen LogP contribution is -2.23. The lowest BCUT2D eigenvalue weighted by molar-refractivity contribution is -0.121. The maximum Gasteiger partial charge on any atom is 0.220 e. The zero-order valence-corrected chi connectivity index (χ0v) is 15.0. The third kappa shape index (κ3) is 4.86. The molecule has 3 heterocycles. The quantitative estimate of drug-likeness (QED) is 0.880. The molecule has 2 aromatic heterocycles. The molecule has 25 heavy (non-hydrogen) atoms. The first-order valence-corrected chi connectivity index (χ1v) is 8.95. The second-order valence-corrected chi connectivity index (χ2v) is 6.82. The molecule has 1 fully saturated rings. The summed E-state index contributed by atoms with van der Waals surface area (Å²) in [6.07, 6.45) is 7.13. The van der Waals surface area contributed by atoms with Gasteiger partial charge in [0.05, 0.1) is 11.7 Å². The van der Waals surface area contributed by atoms with Gasteiger partial charge in [0.2, 0.25) is 5.91 Å². The van der Waals surface area contributed by atoms with Crippen LogP contribution in [0.15, 0.2) is 36.7 Å². The number of nitrogens with zero attached hydrogens (tertiary/aromatic N) is 3. The molecule has 1 aliphatic rings. The van der Waals surface area contributed by atoms with Gasteiger partial charge in [0, 0.05) is 31.1 Å². The van der Waals surface area contributed by atoms with Crippen LogP contribution in [0.1, 0.15) is 47.8 Å². The number of rotatable bonds is 6. The van der Waals surface area contributed by atoms with E-state index in [2.05, 4.69) is 34.4 Å². The fourth-order valence-electron chi connectivity index (χ4n) is 3.42. The van der Waals surface area contributed by atoms with Crippen molar-refractivity contribution in [2.24, 2.45) is 0 Å². The van der Waals surface area contributed by atoms with Crippen LogP contribution in [0.25, 0.3) is 0 Å². The summed E-state index contributed by atoms with van der Waals surface area (Å²) in [4.78, 5) is 23.3. The van der Waals surface area contributed by atoms with E-state index in [9.17, 15) is 4.79 Å². The lowest BCUT2D eigenvalue weighted by Gasteiger charge is -2.20. The van der Waals surface area contributed by atoms with Crippen molar-refractivity contribution in [2.45, 2.75) is 45.2 Å². The molecule has 0 saturated carbocycles. The monoisotopic (exact) mass is 338 g/mol. The molecule has 5 nitrogen and oxygen atoms in total. The van der Waals surface area contributed by atoms with Crippen molar-refractivity contribution >= 4 is 5.91 Å². The summed E-state index contributed by atoms with van der Waals surface area (Å²) in [6, 6.07) is 8.52. The van der Waals surface area contributed by atoms with E-state index in [1.54, 1.807) is 12.4 Å². The van der Waals surface area contributed by atoms with Crippen molar-refractivity contribution < 1.29 is 4.79 Å². The molecule has 3 rings (SSSR count). The van der Waals surface area contributed by atoms with E-state index in [1.165, 1.54) is 12.0 Å². The number of pyridine rings is 2. The van der Waals surface area contributed by atoms with Gasteiger partial charge in [-0.1, -0.05) is 6.07 Å². The third-order valence-corrected chi connectivity index (χ3v) is 4.75. The van der Waals surface area contributed by atoms with Crippen molar-refractivity contribution in [3.8, 4) is 0 Å². The van der Waals surface area contributed by atoms with Crippen molar-refractivity contribution in [1.82, 2.24) is 20.2 Å². The Labute approximate surface area is 149 Å². The minimum Gasteiger partial charge on any atom is -0.352 e. The van der Waals surface area contributed by atoms with E-state index in [0.29, 0.717) is 19.0 Å². The summed E-state index contributed by atoms with van der Waals surface area (Å²) < 4.78 is 0. The van der Waals surface area contributed by atoms with E-state index < -0.39 is 0 Å². The van der Waals surface area contributed by atoms with Crippen LogP contribution >= 0.6 is 0 Å². The first-order chi connectivity index (χ1) is 12.1. The van der Waals surface area contributed by atoms with Crippen LogP contribution in [0, 0.1) is 6.92 Å². The molecule has 0 aliphatic carbocycles. The lowest BCUT2D eigenvalue weighted by atomic mass is 10.0. The standard InChI is InChI=1S/C20H26N4O/c1-15-11-16(12-18(23-15)19-6-4-10-24(19)2)7-8-20(25)22-14-17-5-3-9-21-13-17/h3,5,9,11-13,19H,4,6-8,10,14H2,1-2H3,(H,22,25)/t19-/m0/s1. The van der Waals surface area contributed by atoms with Gasteiger partial charge in [-0.15, -0.1) is 0 Å². The molecule has 1 saturated heterocycles. The molecule has 132 valence electrons. The predicted octanol–water partition coefficient (Wildman–Crippen LogP) is 2.80. The van der Waals surface area contributed by atoms with Crippen molar-refractivity contribution in [2.75, 3.05) is 13.6 Å². The summed E-state index contributed by atoms with van der Waals surface area (Å²) >= 11 is 0. The maximum absolute atomic E-state index is 12.1. The molecular formula is C20H26N4O. The van der Waals surface area contributed by atoms with Gasteiger partial charge in [0.1, 0.15) is 0 Å². The summed E-state index contributed by atoms with van der Waals surface area (Å²) in [6.45, 7) is 3.69. The smallest absolute Gasteiger partial charge is 0.220 e. The summed E-state index contributed by atoms with van der Waals surface area (Å²) in [5.74, 6) is 0.0675. The number of carbonyl (C=O) groups excluding carboxylic acids is 1. The Bertz CT molecular complexity index is 717. The molecule has 1 amide bonds. The number of hydrogen-bond acceptors (Lipinski definition) is 4. The molecule has 0 bridgehead atoms. The summed E-state index contributed by atoms with van der Waals surface area (Å²) in [5, 5.41) is 2.96.